The lowest BCUT2D eigenvalue weighted by Gasteiger charge is -2.34. The first-order valence-electron chi connectivity index (χ1n) is 7.13. The average Bonchev–Trinajstić information content (AvgIpc) is 3.19. The zero-order chi connectivity index (χ0) is 13.4. The third kappa shape index (κ3) is 2.65. The molecule has 1 heterocycles. The fraction of sp³-hybridized carbons (Fsp3) is 0.600. The van der Waals surface area contributed by atoms with Crippen molar-refractivity contribution in [3.63, 3.8) is 0 Å². The monoisotopic (exact) mass is 266 g/mol. The van der Waals surface area contributed by atoms with E-state index >= 15 is 0 Å². The van der Waals surface area contributed by atoms with Gasteiger partial charge >= 0.3 is 0 Å². The summed E-state index contributed by atoms with van der Waals surface area (Å²) in [5.41, 5.74) is 6.69. The lowest BCUT2D eigenvalue weighted by molar-refractivity contribution is 0.171. The maximum atomic E-state index is 14.1. The van der Waals surface area contributed by atoms with E-state index in [0.29, 0.717) is 11.6 Å². The van der Waals surface area contributed by atoms with Gasteiger partial charge in [-0.15, -0.1) is 0 Å². The van der Waals surface area contributed by atoms with Gasteiger partial charge in [0.1, 0.15) is 11.6 Å². The summed E-state index contributed by atoms with van der Waals surface area (Å²) in [5, 5.41) is 0. The highest BCUT2D eigenvalue weighted by Gasteiger charge is 2.39. The summed E-state index contributed by atoms with van der Waals surface area (Å²) >= 11 is 0. The highest BCUT2D eigenvalue weighted by atomic mass is 19.1. The van der Waals surface area contributed by atoms with Crippen LogP contribution in [-0.2, 0) is 0 Å². The van der Waals surface area contributed by atoms with Gasteiger partial charge in [-0.2, -0.15) is 0 Å². The SMILES string of the molecule is NC1CCCCN(C2CC2)C1c1cc(F)ccc1F. The first-order chi connectivity index (χ1) is 9.16. The Morgan fingerprint density at radius 3 is 2.63 bits per heavy atom. The van der Waals surface area contributed by atoms with Crippen LogP contribution in [0.3, 0.4) is 0 Å². The number of benzene rings is 1. The van der Waals surface area contributed by atoms with E-state index in [0.717, 1.165) is 38.6 Å². The van der Waals surface area contributed by atoms with Crippen molar-refractivity contribution in [2.75, 3.05) is 6.54 Å². The average molecular weight is 266 g/mol. The highest BCUT2D eigenvalue weighted by molar-refractivity contribution is 5.25. The van der Waals surface area contributed by atoms with Crippen LogP contribution < -0.4 is 5.73 Å². The van der Waals surface area contributed by atoms with Gasteiger partial charge in [0.15, 0.2) is 0 Å². The highest BCUT2D eigenvalue weighted by Crippen LogP contribution is 2.39. The molecule has 19 heavy (non-hydrogen) atoms. The summed E-state index contributed by atoms with van der Waals surface area (Å²) in [6.07, 6.45) is 5.35. The van der Waals surface area contributed by atoms with Gasteiger partial charge in [-0.05, 0) is 50.4 Å². The van der Waals surface area contributed by atoms with Crippen molar-refractivity contribution in [3.05, 3.63) is 35.4 Å². The number of likely N-dealkylation sites (tertiary alicyclic amines) is 1. The quantitative estimate of drug-likeness (QED) is 0.891. The fourth-order valence-electron chi connectivity index (χ4n) is 3.18. The molecule has 1 aromatic carbocycles. The molecule has 104 valence electrons. The smallest absolute Gasteiger partial charge is 0.128 e. The van der Waals surface area contributed by atoms with E-state index in [4.69, 9.17) is 5.73 Å². The van der Waals surface area contributed by atoms with Gasteiger partial charge in [-0.25, -0.2) is 8.78 Å². The Labute approximate surface area is 112 Å². The molecule has 1 saturated carbocycles. The molecule has 0 aromatic heterocycles. The van der Waals surface area contributed by atoms with Crippen LogP contribution >= 0.6 is 0 Å². The van der Waals surface area contributed by atoms with Crippen molar-refractivity contribution < 1.29 is 8.78 Å². The summed E-state index contributed by atoms with van der Waals surface area (Å²) < 4.78 is 27.5. The standard InChI is InChI=1S/C15H20F2N2/c16-10-4-7-13(17)12(9-10)15-14(18)3-1-2-8-19(15)11-5-6-11/h4,7,9,11,14-15H,1-3,5-6,8,18H2. The molecule has 2 atom stereocenters. The molecule has 4 heteroatoms. The Morgan fingerprint density at radius 2 is 1.89 bits per heavy atom. The van der Waals surface area contributed by atoms with E-state index in [2.05, 4.69) is 4.90 Å². The van der Waals surface area contributed by atoms with Crippen molar-refractivity contribution in [1.29, 1.82) is 0 Å². The fourth-order valence-corrected chi connectivity index (χ4v) is 3.18. The number of nitrogens with two attached hydrogens (primary N) is 1. The van der Waals surface area contributed by atoms with E-state index in [-0.39, 0.29) is 23.7 Å². The predicted molar refractivity (Wildman–Crippen MR) is 70.7 cm³/mol. The molecule has 1 aliphatic carbocycles. The molecule has 0 spiro atoms. The van der Waals surface area contributed by atoms with E-state index < -0.39 is 0 Å². The number of nitrogens with zero attached hydrogens (tertiary/aromatic N) is 1. The molecule has 2 aliphatic rings. The van der Waals surface area contributed by atoms with Crippen LogP contribution in [0.1, 0.15) is 43.7 Å². The van der Waals surface area contributed by atoms with Gasteiger partial charge in [0.2, 0.25) is 0 Å². The third-order valence-electron chi connectivity index (χ3n) is 4.26. The van der Waals surface area contributed by atoms with Crippen LogP contribution in [0.2, 0.25) is 0 Å². The molecule has 2 unspecified atom stereocenters. The maximum Gasteiger partial charge on any atom is 0.128 e. The molecule has 1 saturated heterocycles. The summed E-state index contributed by atoms with van der Waals surface area (Å²) in [6, 6.07) is 3.93. The van der Waals surface area contributed by atoms with Gasteiger partial charge in [0.25, 0.3) is 0 Å². The Hall–Kier alpha value is -1.00. The van der Waals surface area contributed by atoms with Crippen LogP contribution in [0, 0.1) is 11.6 Å². The molecule has 1 aromatic rings. The first-order valence-corrected chi connectivity index (χ1v) is 7.13. The lowest BCUT2D eigenvalue weighted by atomic mass is 9.95. The maximum absolute atomic E-state index is 14.1. The van der Waals surface area contributed by atoms with Crippen molar-refractivity contribution >= 4 is 0 Å². The Bertz CT molecular complexity index is 459. The Balaban J connectivity index is 1.98. The minimum absolute atomic E-state index is 0.112. The summed E-state index contributed by atoms with van der Waals surface area (Å²) in [5.74, 6) is -0.724. The van der Waals surface area contributed by atoms with Gasteiger partial charge in [-0.1, -0.05) is 6.42 Å². The van der Waals surface area contributed by atoms with Crippen LogP contribution in [-0.4, -0.2) is 23.5 Å². The molecule has 0 amide bonds. The predicted octanol–water partition coefficient (Wildman–Crippen LogP) is 2.98. The normalized spacial score (nSPS) is 29.2. The molecule has 2 N–H and O–H groups in total. The van der Waals surface area contributed by atoms with E-state index in [1.807, 2.05) is 0 Å². The summed E-state index contributed by atoms with van der Waals surface area (Å²) in [6.45, 7) is 0.943. The van der Waals surface area contributed by atoms with Gasteiger partial charge in [0.05, 0.1) is 6.04 Å². The molecule has 0 bridgehead atoms. The van der Waals surface area contributed by atoms with Gasteiger partial charge in [0, 0.05) is 17.6 Å². The summed E-state index contributed by atoms with van der Waals surface area (Å²) in [4.78, 5) is 2.30. The van der Waals surface area contributed by atoms with Crippen LogP contribution in [0.4, 0.5) is 8.78 Å². The van der Waals surface area contributed by atoms with Crippen molar-refractivity contribution in [2.45, 2.75) is 50.2 Å². The second kappa shape index (κ2) is 5.17. The zero-order valence-electron chi connectivity index (χ0n) is 11.0. The van der Waals surface area contributed by atoms with Gasteiger partial charge < -0.3 is 5.73 Å². The zero-order valence-corrected chi connectivity index (χ0v) is 11.0. The number of hydrogen-bond acceptors (Lipinski definition) is 2. The second-order valence-electron chi connectivity index (χ2n) is 5.74. The molecular formula is C15H20F2N2. The Morgan fingerprint density at radius 1 is 1.11 bits per heavy atom. The second-order valence-corrected chi connectivity index (χ2v) is 5.74. The number of hydrogen-bond donors (Lipinski definition) is 1. The van der Waals surface area contributed by atoms with Crippen molar-refractivity contribution in [3.8, 4) is 0 Å². The minimum atomic E-state index is -0.386. The summed E-state index contributed by atoms with van der Waals surface area (Å²) in [7, 11) is 0. The van der Waals surface area contributed by atoms with Crippen molar-refractivity contribution in [2.24, 2.45) is 5.73 Å². The van der Waals surface area contributed by atoms with Crippen molar-refractivity contribution in [1.82, 2.24) is 4.90 Å². The lowest BCUT2D eigenvalue weighted by Crippen LogP contribution is -2.41. The van der Waals surface area contributed by atoms with Crippen LogP contribution in [0.15, 0.2) is 18.2 Å². The molecule has 2 fully saturated rings. The van der Waals surface area contributed by atoms with Crippen LogP contribution in [0.5, 0.6) is 0 Å². The Kier molecular flexibility index (Phi) is 3.54. The van der Waals surface area contributed by atoms with E-state index in [9.17, 15) is 8.78 Å². The largest absolute Gasteiger partial charge is 0.326 e. The van der Waals surface area contributed by atoms with E-state index in [1.54, 1.807) is 0 Å². The number of halogens is 2. The molecule has 1 aliphatic heterocycles. The first kappa shape index (κ1) is 13.0. The number of rotatable bonds is 2. The molecule has 3 rings (SSSR count). The molecule has 0 radical (unpaired) electrons. The topological polar surface area (TPSA) is 29.3 Å². The molecular weight excluding hydrogens is 246 g/mol. The minimum Gasteiger partial charge on any atom is -0.326 e. The van der Waals surface area contributed by atoms with E-state index in [1.165, 1.54) is 18.2 Å². The van der Waals surface area contributed by atoms with Gasteiger partial charge in [-0.3, -0.25) is 4.90 Å². The third-order valence-corrected chi connectivity index (χ3v) is 4.26. The van der Waals surface area contributed by atoms with Crippen LogP contribution in [0.25, 0.3) is 0 Å². The molecule has 2 nitrogen and oxygen atoms in total.